The van der Waals surface area contributed by atoms with E-state index in [9.17, 15) is 19.7 Å². The zero-order chi connectivity index (χ0) is 19.7. The Kier molecular flexibility index (Phi) is 4.96. The first kappa shape index (κ1) is 18.6. The Morgan fingerprint density at radius 2 is 2.00 bits per heavy atom. The molecule has 0 fully saturated rings. The Morgan fingerprint density at radius 1 is 1.26 bits per heavy atom. The fourth-order valence-electron chi connectivity index (χ4n) is 3.06. The van der Waals surface area contributed by atoms with Crippen LogP contribution in [0.5, 0.6) is 0 Å². The number of nitrogens with one attached hydrogen (secondary N) is 2. The number of nitro groups is 1. The third kappa shape index (κ3) is 3.54. The van der Waals surface area contributed by atoms with Crippen LogP contribution in [-0.2, 0) is 6.42 Å². The predicted octanol–water partition coefficient (Wildman–Crippen LogP) is 4.21. The number of carbonyl (C=O) groups excluding carboxylic acids is 1. The van der Waals surface area contributed by atoms with E-state index in [1.807, 2.05) is 13.8 Å². The molecule has 1 heterocycles. The van der Waals surface area contributed by atoms with E-state index in [0.717, 1.165) is 10.9 Å². The monoisotopic (exact) mass is 385 g/mol. The Labute approximate surface area is 159 Å². The van der Waals surface area contributed by atoms with Gasteiger partial charge < -0.3 is 10.3 Å². The number of amides is 1. The lowest BCUT2D eigenvalue weighted by molar-refractivity contribution is -0.385. The summed E-state index contributed by atoms with van der Waals surface area (Å²) < 4.78 is 0. The van der Waals surface area contributed by atoms with Gasteiger partial charge in [0.2, 0.25) is 0 Å². The maximum atomic E-state index is 12.5. The van der Waals surface area contributed by atoms with Crippen molar-refractivity contribution >= 4 is 39.8 Å². The van der Waals surface area contributed by atoms with Gasteiger partial charge in [-0.1, -0.05) is 24.6 Å². The number of nitrogens with zero attached hydrogens (tertiary/aromatic N) is 1. The number of carbonyl (C=O) groups is 1. The van der Waals surface area contributed by atoms with Crippen molar-refractivity contribution in [3.8, 4) is 0 Å². The van der Waals surface area contributed by atoms with Crippen LogP contribution >= 0.6 is 11.6 Å². The molecule has 8 heteroatoms. The summed E-state index contributed by atoms with van der Waals surface area (Å²) in [7, 11) is 0. The molecule has 3 aromatic rings. The number of pyridine rings is 1. The summed E-state index contributed by atoms with van der Waals surface area (Å²) in [6, 6.07) is 8.88. The van der Waals surface area contributed by atoms with Crippen LogP contribution in [0.4, 0.5) is 11.4 Å². The van der Waals surface area contributed by atoms with Gasteiger partial charge in [-0.15, -0.1) is 0 Å². The lowest BCUT2D eigenvalue weighted by Crippen LogP contribution is -2.16. The van der Waals surface area contributed by atoms with Crippen molar-refractivity contribution in [2.45, 2.75) is 20.3 Å². The van der Waals surface area contributed by atoms with Crippen molar-refractivity contribution in [2.24, 2.45) is 0 Å². The van der Waals surface area contributed by atoms with Crippen molar-refractivity contribution in [3.63, 3.8) is 0 Å². The van der Waals surface area contributed by atoms with E-state index in [-0.39, 0.29) is 21.8 Å². The molecule has 1 aromatic heterocycles. The molecule has 0 saturated heterocycles. The number of hydrogen-bond acceptors (Lipinski definition) is 4. The van der Waals surface area contributed by atoms with Crippen molar-refractivity contribution in [2.75, 3.05) is 5.32 Å². The fourth-order valence-corrected chi connectivity index (χ4v) is 3.23. The molecule has 0 aliphatic rings. The second-order valence-corrected chi connectivity index (χ2v) is 6.48. The van der Waals surface area contributed by atoms with Gasteiger partial charge in [-0.05, 0) is 43.2 Å². The van der Waals surface area contributed by atoms with Gasteiger partial charge in [-0.3, -0.25) is 19.7 Å². The predicted molar refractivity (Wildman–Crippen MR) is 105 cm³/mol. The molecular weight excluding hydrogens is 370 g/mol. The zero-order valence-corrected chi connectivity index (χ0v) is 15.4. The summed E-state index contributed by atoms with van der Waals surface area (Å²) in [6.07, 6.45) is 0.619. The topological polar surface area (TPSA) is 105 Å². The Balaban J connectivity index is 2.00. The van der Waals surface area contributed by atoms with E-state index in [1.54, 1.807) is 18.2 Å². The quantitative estimate of drug-likeness (QED) is 0.518. The number of aromatic nitrogens is 1. The SMILES string of the molecule is CCc1c(C)c2ccc(NC(=O)c3cc(Cl)ccc3[N+](=O)[O-])cc2[nH]c1=O. The molecule has 138 valence electrons. The number of benzene rings is 2. The van der Waals surface area contributed by atoms with Crippen LogP contribution in [0.15, 0.2) is 41.2 Å². The molecule has 0 radical (unpaired) electrons. The van der Waals surface area contributed by atoms with Crippen molar-refractivity contribution < 1.29 is 9.72 Å². The second-order valence-electron chi connectivity index (χ2n) is 6.04. The Bertz CT molecular complexity index is 1140. The molecule has 0 aliphatic carbocycles. The molecule has 0 saturated carbocycles. The van der Waals surface area contributed by atoms with E-state index in [4.69, 9.17) is 11.6 Å². The van der Waals surface area contributed by atoms with Gasteiger partial charge in [0.05, 0.1) is 10.4 Å². The van der Waals surface area contributed by atoms with E-state index >= 15 is 0 Å². The minimum absolute atomic E-state index is 0.140. The van der Waals surface area contributed by atoms with Gasteiger partial charge in [0.15, 0.2) is 0 Å². The van der Waals surface area contributed by atoms with E-state index in [1.165, 1.54) is 18.2 Å². The number of H-pyrrole nitrogens is 1. The van der Waals surface area contributed by atoms with Gasteiger partial charge in [0.1, 0.15) is 5.56 Å². The average Bonchev–Trinajstić information content (AvgIpc) is 2.61. The Morgan fingerprint density at radius 3 is 2.67 bits per heavy atom. The Hall–Kier alpha value is -3.19. The molecule has 2 aromatic carbocycles. The van der Waals surface area contributed by atoms with Crippen LogP contribution in [0, 0.1) is 17.0 Å². The summed E-state index contributed by atoms with van der Waals surface area (Å²) in [5.74, 6) is -0.659. The maximum absolute atomic E-state index is 12.5. The van der Waals surface area contributed by atoms with Crippen LogP contribution in [0.3, 0.4) is 0 Å². The zero-order valence-electron chi connectivity index (χ0n) is 14.6. The third-order valence-corrected chi connectivity index (χ3v) is 4.64. The molecule has 2 N–H and O–H groups in total. The first-order chi connectivity index (χ1) is 12.8. The average molecular weight is 386 g/mol. The number of aromatic amines is 1. The highest BCUT2D eigenvalue weighted by atomic mass is 35.5. The lowest BCUT2D eigenvalue weighted by atomic mass is 10.0. The largest absolute Gasteiger partial charge is 0.322 e. The first-order valence-electron chi connectivity index (χ1n) is 8.22. The van der Waals surface area contributed by atoms with Gasteiger partial charge >= 0.3 is 0 Å². The third-order valence-electron chi connectivity index (χ3n) is 4.41. The normalized spacial score (nSPS) is 10.8. The van der Waals surface area contributed by atoms with Crippen molar-refractivity contribution in [1.29, 1.82) is 0 Å². The summed E-state index contributed by atoms with van der Waals surface area (Å²) in [6.45, 7) is 3.79. The van der Waals surface area contributed by atoms with Crippen LogP contribution in [0.2, 0.25) is 5.02 Å². The molecule has 0 aliphatic heterocycles. The molecular formula is C19H16ClN3O4. The highest BCUT2D eigenvalue weighted by molar-refractivity contribution is 6.31. The first-order valence-corrected chi connectivity index (χ1v) is 8.60. The van der Waals surface area contributed by atoms with Gasteiger partial charge in [-0.25, -0.2) is 0 Å². The molecule has 3 rings (SSSR count). The van der Waals surface area contributed by atoms with Crippen LogP contribution in [-0.4, -0.2) is 15.8 Å². The fraction of sp³-hybridized carbons (Fsp3) is 0.158. The number of halogens is 1. The van der Waals surface area contributed by atoms with Crippen molar-refractivity contribution in [3.05, 3.63) is 78.6 Å². The van der Waals surface area contributed by atoms with E-state index in [0.29, 0.717) is 23.2 Å². The molecule has 0 unspecified atom stereocenters. The molecule has 0 bridgehead atoms. The number of fused-ring (bicyclic) bond motifs is 1. The van der Waals surface area contributed by atoms with Crippen LogP contribution in [0.1, 0.15) is 28.4 Å². The van der Waals surface area contributed by atoms with E-state index in [2.05, 4.69) is 10.3 Å². The van der Waals surface area contributed by atoms with Gasteiger partial charge in [0, 0.05) is 27.7 Å². The molecule has 7 nitrogen and oxygen atoms in total. The van der Waals surface area contributed by atoms with Crippen LogP contribution in [0.25, 0.3) is 10.9 Å². The number of nitro benzene ring substituents is 1. The maximum Gasteiger partial charge on any atom is 0.282 e. The lowest BCUT2D eigenvalue weighted by Gasteiger charge is -2.10. The summed E-state index contributed by atoms with van der Waals surface area (Å²) >= 11 is 5.87. The van der Waals surface area contributed by atoms with Gasteiger partial charge in [0.25, 0.3) is 17.2 Å². The number of anilines is 1. The summed E-state index contributed by atoms with van der Waals surface area (Å²) in [5.41, 5.74) is 1.94. The molecule has 1 amide bonds. The summed E-state index contributed by atoms with van der Waals surface area (Å²) in [4.78, 5) is 38.0. The number of hydrogen-bond donors (Lipinski definition) is 2. The smallest absolute Gasteiger partial charge is 0.282 e. The number of rotatable bonds is 4. The highest BCUT2D eigenvalue weighted by Gasteiger charge is 2.21. The van der Waals surface area contributed by atoms with Crippen LogP contribution < -0.4 is 10.9 Å². The highest BCUT2D eigenvalue weighted by Crippen LogP contribution is 2.25. The minimum Gasteiger partial charge on any atom is -0.322 e. The summed E-state index contributed by atoms with van der Waals surface area (Å²) in [5, 5.41) is 14.9. The second kappa shape index (κ2) is 7.20. The van der Waals surface area contributed by atoms with E-state index < -0.39 is 10.8 Å². The molecule has 27 heavy (non-hydrogen) atoms. The van der Waals surface area contributed by atoms with Crippen molar-refractivity contribution in [1.82, 2.24) is 4.98 Å². The minimum atomic E-state index is -0.659. The molecule has 0 atom stereocenters. The number of aryl methyl sites for hydroxylation is 1. The van der Waals surface area contributed by atoms with Gasteiger partial charge in [-0.2, -0.15) is 0 Å². The molecule has 0 spiro atoms. The standard InChI is InChI=1S/C19H16ClN3O4/c1-3-13-10(2)14-6-5-12(9-16(14)22-18(13)24)21-19(25)15-8-11(20)4-7-17(15)23(26)27/h4-9H,3H2,1-2H3,(H,21,25)(H,22,24).